The summed E-state index contributed by atoms with van der Waals surface area (Å²) in [7, 11) is 0. The summed E-state index contributed by atoms with van der Waals surface area (Å²) in [5, 5.41) is 2.40. The monoisotopic (exact) mass is 169 g/mol. The van der Waals surface area contributed by atoms with Crippen molar-refractivity contribution in [3.8, 4) is 0 Å². The van der Waals surface area contributed by atoms with E-state index in [4.69, 9.17) is 0 Å². The lowest BCUT2D eigenvalue weighted by molar-refractivity contribution is -0.126. The molecule has 0 spiro atoms. The second-order valence-electron chi connectivity index (χ2n) is 3.03. The van der Waals surface area contributed by atoms with E-state index in [2.05, 4.69) is 5.32 Å². The van der Waals surface area contributed by atoms with Gasteiger partial charge in [0.15, 0.2) is 0 Å². The van der Waals surface area contributed by atoms with E-state index < -0.39 is 12.7 Å². The quantitative estimate of drug-likeness (QED) is 0.682. The van der Waals surface area contributed by atoms with Crippen molar-refractivity contribution in [1.82, 2.24) is 5.32 Å². The first-order valence-corrected chi connectivity index (χ1v) is 3.63. The lowest BCUT2D eigenvalue weighted by Gasteiger charge is -2.18. The third kappa shape index (κ3) is 6.16. The molecular weight excluding hydrogens is 155 g/mol. The molecule has 0 aliphatic heterocycles. The van der Waals surface area contributed by atoms with E-state index in [9.17, 15) is 13.2 Å². The third-order valence-electron chi connectivity index (χ3n) is 1.62. The Morgan fingerprint density at radius 1 is 1.18 bits per heavy atom. The Kier molecular flexibility index (Phi) is 3.86. The smallest absolute Gasteiger partial charge is 0.306 e. The Balaban J connectivity index is 3.54. The fourth-order valence-corrected chi connectivity index (χ4v) is 0.512. The first-order chi connectivity index (χ1) is 4.83. The van der Waals surface area contributed by atoms with E-state index >= 15 is 0 Å². The molecule has 0 saturated carbocycles. The van der Waals surface area contributed by atoms with Gasteiger partial charge in [0.25, 0.3) is 0 Å². The fraction of sp³-hybridized carbons (Fsp3) is 1.00. The zero-order chi connectivity index (χ0) is 9.07. The van der Waals surface area contributed by atoms with Gasteiger partial charge in [0.2, 0.25) is 0 Å². The molecule has 0 aliphatic carbocycles. The topological polar surface area (TPSA) is 12.0 Å². The Morgan fingerprint density at radius 3 is 1.91 bits per heavy atom. The number of nitrogens with one attached hydrogen (secondary N) is 1. The van der Waals surface area contributed by atoms with Crippen LogP contribution >= 0.6 is 0 Å². The van der Waals surface area contributed by atoms with E-state index in [0.29, 0.717) is 0 Å². The van der Waals surface area contributed by atoms with Crippen LogP contribution in [0.25, 0.3) is 0 Å². The Labute approximate surface area is 65.0 Å². The Morgan fingerprint density at radius 2 is 1.64 bits per heavy atom. The van der Waals surface area contributed by atoms with Crippen molar-refractivity contribution in [2.75, 3.05) is 6.54 Å². The van der Waals surface area contributed by atoms with E-state index in [-0.39, 0.29) is 12.0 Å². The van der Waals surface area contributed by atoms with Crippen LogP contribution in [0.3, 0.4) is 0 Å². The maximum absolute atomic E-state index is 11.6. The van der Waals surface area contributed by atoms with Gasteiger partial charge in [-0.25, -0.2) is 0 Å². The van der Waals surface area contributed by atoms with Crippen LogP contribution in [0.2, 0.25) is 0 Å². The second kappa shape index (κ2) is 3.95. The van der Waals surface area contributed by atoms with Gasteiger partial charge in [-0.3, -0.25) is 0 Å². The fourth-order valence-electron chi connectivity index (χ4n) is 0.512. The maximum atomic E-state index is 11.6. The third-order valence-corrected chi connectivity index (χ3v) is 1.62. The van der Waals surface area contributed by atoms with Crippen LogP contribution in [0.5, 0.6) is 0 Å². The summed E-state index contributed by atoms with van der Waals surface area (Å²) < 4.78 is 34.9. The first kappa shape index (κ1) is 10.8. The molecule has 0 fully saturated rings. The molecule has 1 nitrogen and oxygen atoms in total. The molecule has 0 unspecified atom stereocenters. The lowest BCUT2D eigenvalue weighted by atomic mass is 10.1. The van der Waals surface area contributed by atoms with Crippen LogP contribution < -0.4 is 5.32 Å². The highest BCUT2D eigenvalue weighted by molar-refractivity contribution is 4.66. The first-order valence-electron chi connectivity index (χ1n) is 3.63. The van der Waals surface area contributed by atoms with Crippen LogP contribution in [0, 0.1) is 5.92 Å². The Hall–Kier alpha value is -0.250. The van der Waals surface area contributed by atoms with Gasteiger partial charge in [0.1, 0.15) is 0 Å². The molecule has 0 aliphatic rings. The van der Waals surface area contributed by atoms with Gasteiger partial charge in [-0.1, -0.05) is 13.8 Å². The molecule has 11 heavy (non-hydrogen) atoms. The normalized spacial score (nSPS) is 15.5. The minimum absolute atomic E-state index is 0.0865. The number of alkyl halides is 3. The number of hydrogen-bond acceptors (Lipinski definition) is 1. The summed E-state index contributed by atoms with van der Waals surface area (Å²) in [6.45, 7) is 4.62. The number of hydrogen-bond donors (Lipinski definition) is 1. The summed E-state index contributed by atoms with van der Waals surface area (Å²) in [5.74, 6) is 0.234. The molecule has 0 radical (unpaired) electrons. The molecule has 0 heterocycles. The maximum Gasteiger partial charge on any atom is 0.401 e. The van der Waals surface area contributed by atoms with E-state index in [1.807, 2.05) is 13.8 Å². The molecule has 0 rings (SSSR count). The standard InChI is InChI=1S/C7H14F3N/c1-5(2)6(3)11-4-7(8,9)10/h5-6,11H,4H2,1-3H3/t6-/m0/s1. The minimum atomic E-state index is -4.09. The second-order valence-corrected chi connectivity index (χ2v) is 3.03. The highest BCUT2D eigenvalue weighted by atomic mass is 19.4. The van der Waals surface area contributed by atoms with Gasteiger partial charge in [-0.2, -0.15) is 13.2 Å². The van der Waals surface area contributed by atoms with Crippen LogP contribution in [0.1, 0.15) is 20.8 Å². The molecule has 1 N–H and O–H groups in total. The zero-order valence-corrected chi connectivity index (χ0v) is 7.00. The lowest BCUT2D eigenvalue weighted by Crippen LogP contribution is -2.38. The molecule has 68 valence electrons. The summed E-state index contributed by atoms with van der Waals surface area (Å²) in [5.41, 5.74) is 0. The number of halogens is 3. The Bertz CT molecular complexity index is 109. The molecule has 4 heteroatoms. The summed E-state index contributed by atoms with van der Waals surface area (Å²) >= 11 is 0. The van der Waals surface area contributed by atoms with Crippen molar-refractivity contribution in [2.45, 2.75) is 33.0 Å². The van der Waals surface area contributed by atoms with Crippen molar-refractivity contribution < 1.29 is 13.2 Å². The minimum Gasteiger partial charge on any atom is -0.306 e. The average molecular weight is 169 g/mol. The van der Waals surface area contributed by atoms with Gasteiger partial charge in [-0.05, 0) is 12.8 Å². The van der Waals surface area contributed by atoms with Gasteiger partial charge in [0, 0.05) is 6.04 Å². The zero-order valence-electron chi connectivity index (χ0n) is 7.00. The van der Waals surface area contributed by atoms with Crippen molar-refractivity contribution in [3.05, 3.63) is 0 Å². The van der Waals surface area contributed by atoms with Gasteiger partial charge >= 0.3 is 6.18 Å². The molecule has 0 aromatic rings. The van der Waals surface area contributed by atoms with Crippen molar-refractivity contribution in [1.29, 1.82) is 0 Å². The predicted molar refractivity (Wildman–Crippen MR) is 38.4 cm³/mol. The summed E-state index contributed by atoms with van der Waals surface area (Å²) in [6, 6.07) is -0.0865. The van der Waals surface area contributed by atoms with Gasteiger partial charge < -0.3 is 5.32 Å². The molecule has 0 aromatic carbocycles. The van der Waals surface area contributed by atoms with E-state index in [0.717, 1.165) is 0 Å². The summed E-state index contributed by atoms with van der Waals surface area (Å²) in [4.78, 5) is 0. The predicted octanol–water partition coefficient (Wildman–Crippen LogP) is 2.18. The van der Waals surface area contributed by atoms with Crippen LogP contribution in [-0.2, 0) is 0 Å². The molecule has 0 saturated heterocycles. The highest BCUT2D eigenvalue weighted by Gasteiger charge is 2.27. The number of rotatable bonds is 3. The largest absolute Gasteiger partial charge is 0.401 e. The molecule has 0 bridgehead atoms. The highest BCUT2D eigenvalue weighted by Crippen LogP contribution is 2.13. The average Bonchev–Trinajstić information content (AvgIpc) is 1.80. The van der Waals surface area contributed by atoms with Crippen LogP contribution in [0.4, 0.5) is 13.2 Å². The van der Waals surface area contributed by atoms with Crippen molar-refractivity contribution >= 4 is 0 Å². The molecule has 1 atom stereocenters. The summed E-state index contributed by atoms with van der Waals surface area (Å²) in [6.07, 6.45) is -4.09. The van der Waals surface area contributed by atoms with Crippen LogP contribution in [-0.4, -0.2) is 18.8 Å². The van der Waals surface area contributed by atoms with Gasteiger partial charge in [0.05, 0.1) is 6.54 Å². The van der Waals surface area contributed by atoms with E-state index in [1.165, 1.54) is 0 Å². The van der Waals surface area contributed by atoms with Crippen LogP contribution in [0.15, 0.2) is 0 Å². The SMILES string of the molecule is CC(C)[C@H](C)NCC(F)(F)F. The van der Waals surface area contributed by atoms with Gasteiger partial charge in [-0.15, -0.1) is 0 Å². The molecule has 0 amide bonds. The molecule has 0 aromatic heterocycles. The molecular formula is C7H14F3N. The van der Waals surface area contributed by atoms with Crippen molar-refractivity contribution in [3.63, 3.8) is 0 Å². The van der Waals surface area contributed by atoms with E-state index in [1.54, 1.807) is 6.92 Å². The van der Waals surface area contributed by atoms with Crippen molar-refractivity contribution in [2.24, 2.45) is 5.92 Å².